The summed E-state index contributed by atoms with van der Waals surface area (Å²) in [5.74, 6) is 0. The van der Waals surface area contributed by atoms with Crippen LogP contribution in [-0.2, 0) is 22.6 Å². The van der Waals surface area contributed by atoms with Gasteiger partial charge in [-0.15, -0.1) is 0 Å². The molecule has 1 aromatic rings. The maximum Gasteiger partial charge on any atom is 0.0716 e. The lowest BCUT2D eigenvalue weighted by atomic mass is 10.1. The summed E-state index contributed by atoms with van der Waals surface area (Å²) in [5.41, 5.74) is 2.68. The molecule has 3 nitrogen and oxygen atoms in total. The molecular weight excluding hydrogens is 238 g/mol. The summed E-state index contributed by atoms with van der Waals surface area (Å²) in [4.78, 5) is 0. The van der Waals surface area contributed by atoms with E-state index in [2.05, 4.69) is 50.4 Å². The van der Waals surface area contributed by atoms with Crippen LogP contribution in [0, 0.1) is 0 Å². The van der Waals surface area contributed by atoms with E-state index in [1.807, 2.05) is 0 Å². The summed E-state index contributed by atoms with van der Waals surface area (Å²) in [7, 11) is 1.71. The third kappa shape index (κ3) is 7.98. The molecule has 3 heteroatoms. The normalized spacial score (nSPS) is 11.8. The van der Waals surface area contributed by atoms with Crippen LogP contribution >= 0.6 is 0 Å². The minimum Gasteiger partial charge on any atom is -0.385 e. The Hall–Kier alpha value is -0.900. The number of rotatable bonds is 8. The Morgan fingerprint density at radius 3 is 2.21 bits per heavy atom. The zero-order chi connectivity index (χ0) is 14.1. The van der Waals surface area contributed by atoms with Crippen molar-refractivity contribution >= 4 is 0 Å². The summed E-state index contributed by atoms with van der Waals surface area (Å²) in [6.07, 6.45) is 0.948. The van der Waals surface area contributed by atoms with Gasteiger partial charge in [-0.25, -0.2) is 0 Å². The molecule has 19 heavy (non-hydrogen) atoms. The van der Waals surface area contributed by atoms with E-state index in [1.54, 1.807) is 7.11 Å². The lowest BCUT2D eigenvalue weighted by Crippen LogP contribution is -2.35. The molecule has 0 unspecified atom stereocenters. The monoisotopic (exact) mass is 265 g/mol. The van der Waals surface area contributed by atoms with Gasteiger partial charge in [0.25, 0.3) is 0 Å². The molecule has 0 fully saturated rings. The first-order valence-electron chi connectivity index (χ1n) is 6.91. The number of ether oxygens (including phenoxy) is 2. The van der Waals surface area contributed by atoms with Crippen LogP contribution in [0.3, 0.4) is 0 Å². The summed E-state index contributed by atoms with van der Waals surface area (Å²) < 4.78 is 10.6. The lowest BCUT2D eigenvalue weighted by molar-refractivity contribution is 0.0928. The van der Waals surface area contributed by atoms with Gasteiger partial charge in [0.05, 0.1) is 6.61 Å². The van der Waals surface area contributed by atoms with Crippen LogP contribution in [0.2, 0.25) is 0 Å². The predicted octanol–water partition coefficient (Wildman–Crippen LogP) is 3.13. The van der Waals surface area contributed by atoms with Gasteiger partial charge in [0.1, 0.15) is 0 Å². The Labute approximate surface area is 117 Å². The second kappa shape index (κ2) is 8.31. The molecule has 0 bridgehead atoms. The van der Waals surface area contributed by atoms with Crippen molar-refractivity contribution in [2.75, 3.05) is 20.3 Å². The second-order valence-electron chi connectivity index (χ2n) is 5.82. The molecule has 0 aliphatic heterocycles. The Bertz CT molecular complexity index is 341. The van der Waals surface area contributed by atoms with Crippen molar-refractivity contribution in [2.45, 2.75) is 45.9 Å². The standard InChI is InChI=1S/C16H27NO2/c1-16(2,3)17-12-14-6-8-15(9-7-14)13-19-11-5-10-18-4/h6-9,17H,5,10-13H2,1-4H3. The van der Waals surface area contributed by atoms with E-state index in [0.29, 0.717) is 6.61 Å². The Kier molecular flexibility index (Phi) is 7.06. The van der Waals surface area contributed by atoms with Gasteiger partial charge in [0.2, 0.25) is 0 Å². The van der Waals surface area contributed by atoms with Crippen molar-refractivity contribution in [3.8, 4) is 0 Å². The molecule has 0 spiro atoms. The van der Waals surface area contributed by atoms with Crippen molar-refractivity contribution < 1.29 is 9.47 Å². The first-order chi connectivity index (χ1) is 9.01. The van der Waals surface area contributed by atoms with E-state index in [-0.39, 0.29) is 5.54 Å². The Balaban J connectivity index is 2.27. The van der Waals surface area contributed by atoms with Crippen molar-refractivity contribution in [3.05, 3.63) is 35.4 Å². The van der Waals surface area contributed by atoms with Crippen LogP contribution in [0.15, 0.2) is 24.3 Å². The highest BCUT2D eigenvalue weighted by molar-refractivity contribution is 5.22. The number of methoxy groups -OCH3 is 1. The maximum absolute atomic E-state index is 5.58. The SMILES string of the molecule is COCCCOCc1ccc(CNC(C)(C)C)cc1. The largest absolute Gasteiger partial charge is 0.385 e. The average molecular weight is 265 g/mol. The van der Waals surface area contributed by atoms with Gasteiger partial charge >= 0.3 is 0 Å². The average Bonchev–Trinajstić information content (AvgIpc) is 2.37. The smallest absolute Gasteiger partial charge is 0.0716 e. The fraction of sp³-hybridized carbons (Fsp3) is 0.625. The number of hydrogen-bond acceptors (Lipinski definition) is 3. The van der Waals surface area contributed by atoms with E-state index < -0.39 is 0 Å². The number of hydrogen-bond donors (Lipinski definition) is 1. The summed E-state index contributed by atoms with van der Waals surface area (Å²) in [6.45, 7) is 9.62. The van der Waals surface area contributed by atoms with Crippen molar-refractivity contribution in [1.29, 1.82) is 0 Å². The summed E-state index contributed by atoms with van der Waals surface area (Å²) in [6, 6.07) is 8.59. The van der Waals surface area contributed by atoms with Gasteiger partial charge in [-0.2, -0.15) is 0 Å². The van der Waals surface area contributed by atoms with Crippen LogP contribution in [-0.4, -0.2) is 25.9 Å². The van der Waals surface area contributed by atoms with E-state index in [0.717, 1.165) is 26.2 Å². The molecular formula is C16H27NO2. The zero-order valence-corrected chi connectivity index (χ0v) is 12.7. The van der Waals surface area contributed by atoms with Crippen LogP contribution in [0.1, 0.15) is 38.3 Å². The van der Waals surface area contributed by atoms with E-state index >= 15 is 0 Å². The van der Waals surface area contributed by atoms with Gasteiger partial charge < -0.3 is 14.8 Å². The molecule has 1 aromatic carbocycles. The highest BCUT2D eigenvalue weighted by Crippen LogP contribution is 2.08. The summed E-state index contributed by atoms with van der Waals surface area (Å²) in [5, 5.41) is 3.48. The molecule has 1 N–H and O–H groups in total. The molecule has 0 radical (unpaired) electrons. The Morgan fingerprint density at radius 2 is 1.63 bits per heavy atom. The van der Waals surface area contributed by atoms with Gasteiger partial charge in [-0.3, -0.25) is 0 Å². The van der Waals surface area contributed by atoms with Gasteiger partial charge in [-0.05, 0) is 38.3 Å². The molecule has 0 atom stereocenters. The first kappa shape index (κ1) is 16.2. The van der Waals surface area contributed by atoms with Crippen LogP contribution in [0.4, 0.5) is 0 Å². The molecule has 0 aromatic heterocycles. The predicted molar refractivity (Wildman–Crippen MR) is 79.2 cm³/mol. The quantitative estimate of drug-likeness (QED) is 0.733. The molecule has 0 saturated heterocycles. The maximum atomic E-state index is 5.58. The molecule has 1 rings (SSSR count). The first-order valence-corrected chi connectivity index (χ1v) is 6.91. The minimum atomic E-state index is 0.156. The zero-order valence-electron chi connectivity index (χ0n) is 12.7. The lowest BCUT2D eigenvalue weighted by Gasteiger charge is -2.20. The van der Waals surface area contributed by atoms with Crippen LogP contribution < -0.4 is 5.32 Å². The number of nitrogens with one attached hydrogen (secondary N) is 1. The van der Waals surface area contributed by atoms with E-state index in [4.69, 9.17) is 9.47 Å². The van der Waals surface area contributed by atoms with Crippen LogP contribution in [0.5, 0.6) is 0 Å². The van der Waals surface area contributed by atoms with Crippen molar-refractivity contribution in [3.63, 3.8) is 0 Å². The fourth-order valence-electron chi connectivity index (χ4n) is 1.62. The van der Waals surface area contributed by atoms with E-state index in [1.165, 1.54) is 11.1 Å². The van der Waals surface area contributed by atoms with Gasteiger partial charge in [0.15, 0.2) is 0 Å². The van der Waals surface area contributed by atoms with Gasteiger partial charge in [-0.1, -0.05) is 24.3 Å². The molecule has 0 saturated carbocycles. The highest BCUT2D eigenvalue weighted by Gasteiger charge is 2.07. The topological polar surface area (TPSA) is 30.5 Å². The third-order valence-electron chi connectivity index (χ3n) is 2.75. The molecule has 108 valence electrons. The summed E-state index contributed by atoms with van der Waals surface area (Å²) >= 11 is 0. The van der Waals surface area contributed by atoms with Crippen LogP contribution in [0.25, 0.3) is 0 Å². The molecule has 0 heterocycles. The molecule has 0 aliphatic carbocycles. The molecule has 0 aliphatic rings. The Morgan fingerprint density at radius 1 is 1.00 bits per heavy atom. The van der Waals surface area contributed by atoms with E-state index in [9.17, 15) is 0 Å². The third-order valence-corrected chi connectivity index (χ3v) is 2.75. The van der Waals surface area contributed by atoms with Crippen molar-refractivity contribution in [2.24, 2.45) is 0 Å². The van der Waals surface area contributed by atoms with Crippen molar-refractivity contribution in [1.82, 2.24) is 5.32 Å². The fourth-order valence-corrected chi connectivity index (χ4v) is 1.62. The molecule has 0 amide bonds. The minimum absolute atomic E-state index is 0.156. The number of benzene rings is 1. The second-order valence-corrected chi connectivity index (χ2v) is 5.82. The highest BCUT2D eigenvalue weighted by atomic mass is 16.5. The van der Waals surface area contributed by atoms with Gasteiger partial charge in [0, 0.05) is 32.4 Å².